The van der Waals surface area contributed by atoms with Crippen molar-refractivity contribution < 1.29 is 4.39 Å². The molecule has 0 heterocycles. The molecular formula is C17H25F. The first-order valence-corrected chi connectivity index (χ1v) is 7.39. The smallest absolute Gasteiger partial charge is 0.126 e. The minimum absolute atomic E-state index is 0.00292. The van der Waals surface area contributed by atoms with E-state index in [0.717, 1.165) is 12.0 Å². The summed E-state index contributed by atoms with van der Waals surface area (Å²) in [6.45, 7) is 4.52. The van der Waals surface area contributed by atoms with Gasteiger partial charge in [0.25, 0.3) is 0 Å². The third kappa shape index (κ3) is 2.93. The van der Waals surface area contributed by atoms with Crippen molar-refractivity contribution in [1.82, 2.24) is 0 Å². The fourth-order valence-electron chi connectivity index (χ4n) is 3.34. The number of rotatable bonds is 4. The molecule has 0 amide bonds. The van der Waals surface area contributed by atoms with Crippen LogP contribution in [-0.4, -0.2) is 0 Å². The second-order valence-corrected chi connectivity index (χ2v) is 6.25. The van der Waals surface area contributed by atoms with Gasteiger partial charge in [-0.1, -0.05) is 57.7 Å². The summed E-state index contributed by atoms with van der Waals surface area (Å²) in [4.78, 5) is 0. The summed E-state index contributed by atoms with van der Waals surface area (Å²) < 4.78 is 14.1. The zero-order chi connectivity index (χ0) is 13.0. The molecule has 0 atom stereocenters. The van der Waals surface area contributed by atoms with Crippen molar-refractivity contribution in [3.8, 4) is 0 Å². The molecule has 0 bridgehead atoms. The maximum atomic E-state index is 14.1. The highest BCUT2D eigenvalue weighted by molar-refractivity contribution is 5.27. The van der Waals surface area contributed by atoms with Gasteiger partial charge >= 0.3 is 0 Å². The molecule has 100 valence electrons. The first-order chi connectivity index (χ1) is 8.64. The minimum atomic E-state index is 0.00292. The van der Waals surface area contributed by atoms with Gasteiger partial charge in [0, 0.05) is 0 Å². The van der Waals surface area contributed by atoms with E-state index in [0.29, 0.717) is 5.92 Å². The Kier molecular flexibility index (Phi) is 4.42. The van der Waals surface area contributed by atoms with Gasteiger partial charge in [-0.25, -0.2) is 4.39 Å². The lowest BCUT2D eigenvalue weighted by molar-refractivity contribution is 0.249. The third-order valence-corrected chi connectivity index (χ3v) is 4.46. The average Bonchev–Trinajstić information content (AvgIpc) is 2.38. The Morgan fingerprint density at radius 1 is 1.11 bits per heavy atom. The van der Waals surface area contributed by atoms with Crippen molar-refractivity contribution in [3.05, 3.63) is 35.6 Å². The van der Waals surface area contributed by atoms with Gasteiger partial charge in [0.15, 0.2) is 0 Å². The monoisotopic (exact) mass is 248 g/mol. The van der Waals surface area contributed by atoms with Gasteiger partial charge in [0.05, 0.1) is 0 Å². The number of benzene rings is 1. The van der Waals surface area contributed by atoms with Gasteiger partial charge in [0.2, 0.25) is 0 Å². The lowest BCUT2D eigenvalue weighted by atomic mass is 9.66. The number of halogens is 1. The zero-order valence-corrected chi connectivity index (χ0v) is 11.7. The lowest BCUT2D eigenvalue weighted by Crippen LogP contribution is -2.30. The van der Waals surface area contributed by atoms with Crippen molar-refractivity contribution in [3.63, 3.8) is 0 Å². The molecule has 0 aliphatic heterocycles. The molecule has 1 aromatic carbocycles. The van der Waals surface area contributed by atoms with Crippen LogP contribution in [0.2, 0.25) is 0 Å². The van der Waals surface area contributed by atoms with Crippen LogP contribution in [-0.2, 0) is 5.41 Å². The van der Waals surface area contributed by atoms with Gasteiger partial charge in [-0.15, -0.1) is 0 Å². The molecule has 1 aromatic rings. The van der Waals surface area contributed by atoms with E-state index in [9.17, 15) is 4.39 Å². The van der Waals surface area contributed by atoms with Crippen LogP contribution in [0.15, 0.2) is 24.3 Å². The summed E-state index contributed by atoms with van der Waals surface area (Å²) in [5.41, 5.74) is 1.10. The topological polar surface area (TPSA) is 0 Å². The fourth-order valence-corrected chi connectivity index (χ4v) is 3.34. The highest BCUT2D eigenvalue weighted by atomic mass is 19.1. The van der Waals surface area contributed by atoms with Gasteiger partial charge in [-0.3, -0.25) is 0 Å². The second kappa shape index (κ2) is 5.86. The van der Waals surface area contributed by atoms with Crippen molar-refractivity contribution in [1.29, 1.82) is 0 Å². The maximum absolute atomic E-state index is 14.1. The normalized spacial score (nSPS) is 19.1. The first-order valence-electron chi connectivity index (χ1n) is 7.39. The third-order valence-electron chi connectivity index (χ3n) is 4.46. The summed E-state index contributed by atoms with van der Waals surface area (Å²) in [5.74, 6) is 0.707. The van der Waals surface area contributed by atoms with Crippen molar-refractivity contribution in [2.75, 3.05) is 0 Å². The molecule has 1 fully saturated rings. The molecule has 1 heteroatoms. The zero-order valence-electron chi connectivity index (χ0n) is 11.7. The lowest BCUT2D eigenvalue weighted by Gasteiger charge is -2.38. The van der Waals surface area contributed by atoms with E-state index >= 15 is 0 Å². The Hall–Kier alpha value is -0.850. The standard InChI is InChI=1S/C17H25F/c1-14(2)10-13-17(11-6-3-7-12-17)15-8-4-5-9-16(15)18/h4-5,8-9,14H,3,6-7,10-13H2,1-2H3. The molecule has 0 saturated heterocycles. The molecular weight excluding hydrogens is 223 g/mol. The van der Waals surface area contributed by atoms with Crippen LogP contribution in [0.25, 0.3) is 0 Å². The van der Waals surface area contributed by atoms with E-state index in [2.05, 4.69) is 13.8 Å². The van der Waals surface area contributed by atoms with Crippen LogP contribution in [0.1, 0.15) is 64.4 Å². The van der Waals surface area contributed by atoms with Gasteiger partial charge in [0.1, 0.15) is 5.82 Å². The van der Waals surface area contributed by atoms with Gasteiger partial charge < -0.3 is 0 Å². The highest BCUT2D eigenvalue weighted by Crippen LogP contribution is 2.44. The Morgan fingerprint density at radius 2 is 1.78 bits per heavy atom. The quantitative estimate of drug-likeness (QED) is 0.663. The fraction of sp³-hybridized carbons (Fsp3) is 0.647. The molecule has 0 radical (unpaired) electrons. The molecule has 2 rings (SSSR count). The largest absolute Gasteiger partial charge is 0.207 e. The molecule has 0 N–H and O–H groups in total. The first kappa shape index (κ1) is 13.6. The summed E-state index contributed by atoms with van der Waals surface area (Å²) >= 11 is 0. The Balaban J connectivity index is 2.26. The van der Waals surface area contributed by atoms with Crippen LogP contribution < -0.4 is 0 Å². The van der Waals surface area contributed by atoms with E-state index in [1.165, 1.54) is 38.5 Å². The number of hydrogen-bond acceptors (Lipinski definition) is 0. The predicted octanol–water partition coefficient (Wildman–Crippen LogP) is 5.46. The van der Waals surface area contributed by atoms with Gasteiger partial charge in [-0.2, -0.15) is 0 Å². The predicted molar refractivity (Wildman–Crippen MR) is 75.2 cm³/mol. The van der Waals surface area contributed by atoms with Crippen molar-refractivity contribution in [2.24, 2.45) is 5.92 Å². The second-order valence-electron chi connectivity index (χ2n) is 6.25. The minimum Gasteiger partial charge on any atom is -0.207 e. The summed E-state index contributed by atoms with van der Waals surface area (Å²) in [5, 5.41) is 0. The molecule has 0 unspecified atom stereocenters. The van der Waals surface area contributed by atoms with E-state index in [1.807, 2.05) is 12.1 Å². The van der Waals surface area contributed by atoms with E-state index in [-0.39, 0.29) is 11.2 Å². The van der Waals surface area contributed by atoms with Crippen LogP contribution in [0.4, 0.5) is 4.39 Å². The number of hydrogen-bond donors (Lipinski definition) is 0. The average molecular weight is 248 g/mol. The van der Waals surface area contributed by atoms with Crippen molar-refractivity contribution >= 4 is 0 Å². The summed E-state index contributed by atoms with van der Waals surface area (Å²) in [6.07, 6.45) is 8.51. The summed E-state index contributed by atoms with van der Waals surface area (Å²) in [7, 11) is 0. The van der Waals surface area contributed by atoms with Gasteiger partial charge in [-0.05, 0) is 42.2 Å². The van der Waals surface area contributed by atoms with Crippen LogP contribution in [0.5, 0.6) is 0 Å². The molecule has 0 spiro atoms. The molecule has 1 aliphatic carbocycles. The van der Waals surface area contributed by atoms with E-state index in [1.54, 1.807) is 12.1 Å². The molecule has 1 saturated carbocycles. The van der Waals surface area contributed by atoms with Crippen molar-refractivity contribution in [2.45, 2.75) is 64.2 Å². The Morgan fingerprint density at radius 3 is 2.39 bits per heavy atom. The van der Waals surface area contributed by atoms with E-state index in [4.69, 9.17) is 0 Å². The summed E-state index contributed by atoms with van der Waals surface area (Å²) in [6, 6.07) is 7.43. The molecule has 0 nitrogen and oxygen atoms in total. The molecule has 0 aromatic heterocycles. The SMILES string of the molecule is CC(C)CCC1(c2ccccc2F)CCCCC1. The van der Waals surface area contributed by atoms with Crippen LogP contribution in [0, 0.1) is 11.7 Å². The van der Waals surface area contributed by atoms with Crippen LogP contribution >= 0.6 is 0 Å². The van der Waals surface area contributed by atoms with Crippen LogP contribution in [0.3, 0.4) is 0 Å². The highest BCUT2D eigenvalue weighted by Gasteiger charge is 2.35. The molecule has 18 heavy (non-hydrogen) atoms. The Bertz CT molecular complexity index is 375. The van der Waals surface area contributed by atoms with E-state index < -0.39 is 0 Å². The maximum Gasteiger partial charge on any atom is 0.126 e. The Labute approximate surface area is 111 Å². The molecule has 1 aliphatic rings.